The molecule has 0 spiro atoms. The molecule has 2 fully saturated rings. The Balaban J connectivity index is 1.73. The van der Waals surface area contributed by atoms with Gasteiger partial charge in [-0.15, -0.1) is 0 Å². The van der Waals surface area contributed by atoms with E-state index in [9.17, 15) is 9.59 Å². The van der Waals surface area contributed by atoms with Gasteiger partial charge in [0, 0.05) is 12.1 Å². The van der Waals surface area contributed by atoms with E-state index in [4.69, 9.17) is 19.3 Å². The molecule has 1 amide bonds. The summed E-state index contributed by atoms with van der Waals surface area (Å²) in [5, 5.41) is 9.06. The van der Waals surface area contributed by atoms with Crippen molar-refractivity contribution in [2.75, 3.05) is 26.8 Å². The van der Waals surface area contributed by atoms with Crippen LogP contribution in [0.1, 0.15) is 36.0 Å². The predicted molar refractivity (Wildman–Crippen MR) is 89.2 cm³/mol. The summed E-state index contributed by atoms with van der Waals surface area (Å²) in [5.41, 5.74) is 0.446. The molecule has 1 aliphatic carbocycles. The molecule has 1 atom stereocenters. The first-order valence-corrected chi connectivity index (χ1v) is 8.57. The number of carbonyl (C=O) groups is 2. The van der Waals surface area contributed by atoms with Crippen LogP contribution < -0.4 is 9.47 Å². The van der Waals surface area contributed by atoms with E-state index < -0.39 is 12.1 Å². The Bertz CT molecular complexity index is 640. The highest BCUT2D eigenvalue weighted by Crippen LogP contribution is 2.32. The van der Waals surface area contributed by atoms with Crippen molar-refractivity contribution in [1.82, 2.24) is 4.90 Å². The van der Waals surface area contributed by atoms with Crippen molar-refractivity contribution in [2.24, 2.45) is 0 Å². The molecule has 7 heteroatoms. The van der Waals surface area contributed by atoms with Crippen molar-refractivity contribution in [2.45, 2.75) is 37.9 Å². The van der Waals surface area contributed by atoms with Gasteiger partial charge >= 0.3 is 5.97 Å². The van der Waals surface area contributed by atoms with Crippen LogP contribution in [0.2, 0.25) is 0 Å². The van der Waals surface area contributed by atoms with Gasteiger partial charge in [0.1, 0.15) is 0 Å². The lowest BCUT2D eigenvalue weighted by atomic mass is 10.1. The molecular weight excluding hydrogens is 326 g/mol. The second-order valence-corrected chi connectivity index (χ2v) is 6.34. The van der Waals surface area contributed by atoms with Crippen LogP contribution in [0.15, 0.2) is 18.2 Å². The normalized spacial score (nSPS) is 21.2. The molecular formula is C18H23NO6. The zero-order chi connectivity index (χ0) is 17.8. The molecule has 7 nitrogen and oxygen atoms in total. The summed E-state index contributed by atoms with van der Waals surface area (Å²) in [6.45, 7) is 0.616. The number of morpholine rings is 1. The maximum absolute atomic E-state index is 12.7. The molecule has 136 valence electrons. The molecule has 1 N–H and O–H groups in total. The first-order valence-electron chi connectivity index (χ1n) is 8.57. The van der Waals surface area contributed by atoms with E-state index >= 15 is 0 Å². The Morgan fingerprint density at radius 1 is 1.24 bits per heavy atom. The quantitative estimate of drug-likeness (QED) is 0.874. The Hall–Kier alpha value is -2.28. The van der Waals surface area contributed by atoms with Crippen LogP contribution in [0.25, 0.3) is 0 Å². The molecule has 0 radical (unpaired) electrons. The van der Waals surface area contributed by atoms with E-state index in [-0.39, 0.29) is 25.2 Å². The number of carbonyl (C=O) groups excluding carboxylic acids is 1. The van der Waals surface area contributed by atoms with Crippen molar-refractivity contribution in [3.63, 3.8) is 0 Å². The maximum atomic E-state index is 12.7. The van der Waals surface area contributed by atoms with E-state index in [0.717, 1.165) is 12.8 Å². The largest absolute Gasteiger partial charge is 0.493 e. The molecule has 1 aromatic carbocycles. The minimum atomic E-state index is -1.06. The molecule has 1 heterocycles. The van der Waals surface area contributed by atoms with Crippen LogP contribution in [0.3, 0.4) is 0 Å². The van der Waals surface area contributed by atoms with Crippen LogP contribution in [-0.2, 0) is 9.53 Å². The summed E-state index contributed by atoms with van der Waals surface area (Å²) in [6, 6.07) is 5.09. The Labute approximate surface area is 146 Å². The lowest BCUT2D eigenvalue weighted by Crippen LogP contribution is -2.48. The average Bonchev–Trinajstić information content (AvgIpc) is 3.14. The van der Waals surface area contributed by atoms with Gasteiger partial charge in [0.15, 0.2) is 17.6 Å². The van der Waals surface area contributed by atoms with E-state index in [1.807, 2.05) is 0 Å². The predicted octanol–water partition coefficient (Wildman–Crippen LogP) is 1.94. The second kappa shape index (κ2) is 7.74. The molecule has 1 aromatic rings. The molecule has 3 rings (SSSR count). The van der Waals surface area contributed by atoms with Crippen molar-refractivity contribution in [3.05, 3.63) is 23.8 Å². The first-order chi connectivity index (χ1) is 12.1. The molecule has 0 bridgehead atoms. The third kappa shape index (κ3) is 4.04. The van der Waals surface area contributed by atoms with Crippen LogP contribution in [0, 0.1) is 0 Å². The molecule has 25 heavy (non-hydrogen) atoms. The number of amides is 1. The summed E-state index contributed by atoms with van der Waals surface area (Å²) in [7, 11) is 1.54. The van der Waals surface area contributed by atoms with Crippen LogP contribution >= 0.6 is 0 Å². The molecule has 0 aromatic heterocycles. The number of aliphatic carboxylic acids is 1. The molecule has 1 saturated carbocycles. The molecule has 0 unspecified atom stereocenters. The van der Waals surface area contributed by atoms with Gasteiger partial charge in [-0.25, -0.2) is 4.79 Å². The fourth-order valence-electron chi connectivity index (χ4n) is 3.25. The van der Waals surface area contributed by atoms with Gasteiger partial charge in [0.25, 0.3) is 5.91 Å². The summed E-state index contributed by atoms with van der Waals surface area (Å²) in [6.07, 6.45) is 3.63. The van der Waals surface area contributed by atoms with Crippen molar-refractivity contribution in [3.8, 4) is 11.5 Å². The third-order valence-electron chi connectivity index (χ3n) is 4.64. The third-order valence-corrected chi connectivity index (χ3v) is 4.64. The minimum Gasteiger partial charge on any atom is -0.493 e. The van der Waals surface area contributed by atoms with E-state index in [1.165, 1.54) is 17.7 Å². The number of carboxylic acids is 1. The molecule has 1 aliphatic heterocycles. The monoisotopic (exact) mass is 349 g/mol. The number of ether oxygens (including phenoxy) is 3. The average molecular weight is 349 g/mol. The summed E-state index contributed by atoms with van der Waals surface area (Å²) in [5.74, 6) is -0.146. The zero-order valence-electron chi connectivity index (χ0n) is 14.3. The highest BCUT2D eigenvalue weighted by atomic mass is 16.5. The van der Waals surface area contributed by atoms with Gasteiger partial charge in [-0.3, -0.25) is 4.79 Å². The number of hydrogen-bond acceptors (Lipinski definition) is 5. The molecule has 2 aliphatic rings. The Morgan fingerprint density at radius 2 is 2.00 bits per heavy atom. The number of benzene rings is 1. The van der Waals surface area contributed by atoms with E-state index in [2.05, 4.69) is 0 Å². The van der Waals surface area contributed by atoms with E-state index in [0.29, 0.717) is 23.6 Å². The summed E-state index contributed by atoms with van der Waals surface area (Å²) in [4.78, 5) is 25.2. The van der Waals surface area contributed by atoms with Crippen LogP contribution in [-0.4, -0.2) is 60.9 Å². The first kappa shape index (κ1) is 17.5. The van der Waals surface area contributed by atoms with Crippen molar-refractivity contribution >= 4 is 11.9 Å². The van der Waals surface area contributed by atoms with Crippen molar-refractivity contribution in [1.29, 1.82) is 0 Å². The van der Waals surface area contributed by atoms with E-state index in [1.54, 1.807) is 25.3 Å². The fourth-order valence-corrected chi connectivity index (χ4v) is 3.25. The highest BCUT2D eigenvalue weighted by Gasteiger charge is 2.30. The Morgan fingerprint density at radius 3 is 2.68 bits per heavy atom. The Kier molecular flexibility index (Phi) is 5.43. The summed E-state index contributed by atoms with van der Waals surface area (Å²) < 4.78 is 16.5. The van der Waals surface area contributed by atoms with Crippen LogP contribution in [0.5, 0.6) is 11.5 Å². The number of rotatable bonds is 5. The molecule has 1 saturated heterocycles. The smallest absolute Gasteiger partial charge is 0.334 e. The fraction of sp³-hybridized carbons (Fsp3) is 0.556. The van der Waals surface area contributed by atoms with Gasteiger partial charge in [-0.1, -0.05) is 0 Å². The lowest BCUT2D eigenvalue weighted by molar-refractivity contribution is -0.154. The van der Waals surface area contributed by atoms with Gasteiger partial charge in [0.2, 0.25) is 0 Å². The van der Waals surface area contributed by atoms with Crippen LogP contribution in [0.4, 0.5) is 0 Å². The lowest BCUT2D eigenvalue weighted by Gasteiger charge is -2.31. The zero-order valence-corrected chi connectivity index (χ0v) is 14.3. The number of hydrogen-bond donors (Lipinski definition) is 1. The number of methoxy groups -OCH3 is 1. The number of carboxylic acid groups (broad SMARTS) is 1. The standard InChI is InChI=1S/C18H23NO6/c1-23-15-10-12(6-7-14(15)25-13-4-2-3-5-13)17(20)19-8-9-24-16(11-19)18(21)22/h6-7,10,13,16H,2-5,8-9,11H2,1H3,(H,21,22)/t16-/m1/s1. The second-order valence-electron chi connectivity index (χ2n) is 6.34. The van der Waals surface area contributed by atoms with Gasteiger partial charge in [-0.2, -0.15) is 0 Å². The topological polar surface area (TPSA) is 85.3 Å². The minimum absolute atomic E-state index is 0.0385. The highest BCUT2D eigenvalue weighted by molar-refractivity contribution is 5.95. The van der Waals surface area contributed by atoms with Crippen molar-refractivity contribution < 1.29 is 28.9 Å². The number of nitrogens with zero attached hydrogens (tertiary/aromatic N) is 1. The maximum Gasteiger partial charge on any atom is 0.334 e. The van der Waals surface area contributed by atoms with Gasteiger partial charge in [0.05, 0.1) is 26.4 Å². The SMILES string of the molecule is COc1cc(C(=O)N2CCO[C@@H](C(=O)O)C2)ccc1OC1CCCC1. The van der Waals surface area contributed by atoms with Gasteiger partial charge in [-0.05, 0) is 43.9 Å². The van der Waals surface area contributed by atoms with Gasteiger partial charge < -0.3 is 24.2 Å². The summed E-state index contributed by atoms with van der Waals surface area (Å²) >= 11 is 0.